The van der Waals surface area contributed by atoms with Gasteiger partial charge in [0.25, 0.3) is 5.24 Å². The summed E-state index contributed by atoms with van der Waals surface area (Å²) in [6, 6.07) is 1.64. The molecule has 3 aliphatic rings. The number of aldehydes is 1. The monoisotopic (exact) mass is 433 g/mol. The van der Waals surface area contributed by atoms with Crippen LogP contribution in [-0.2, 0) is 4.74 Å². The SMILES string of the molecule is C[C@@H]1CN(c2c(C=O)cc3c(N4C(=O)S[C@@H]5CCCC[C@@H]54)noc3c2F)C[C@@H](C)O1. The fourth-order valence-corrected chi connectivity index (χ4v) is 6.35. The summed E-state index contributed by atoms with van der Waals surface area (Å²) in [5, 5.41) is 4.60. The van der Waals surface area contributed by atoms with Crippen molar-refractivity contribution in [1.82, 2.24) is 5.16 Å². The Bertz CT molecular complexity index is 1000. The number of hydrogen-bond donors (Lipinski definition) is 0. The molecule has 0 radical (unpaired) electrons. The molecule has 0 unspecified atom stereocenters. The molecule has 30 heavy (non-hydrogen) atoms. The average Bonchev–Trinajstić information content (AvgIpc) is 3.26. The number of hydrogen-bond acceptors (Lipinski definition) is 7. The van der Waals surface area contributed by atoms with E-state index in [0.717, 1.165) is 25.7 Å². The zero-order valence-corrected chi connectivity index (χ0v) is 17.8. The first-order valence-electron chi connectivity index (χ1n) is 10.4. The van der Waals surface area contributed by atoms with Gasteiger partial charge in [0.2, 0.25) is 5.58 Å². The van der Waals surface area contributed by atoms with E-state index in [4.69, 9.17) is 9.26 Å². The molecule has 1 aliphatic carbocycles. The highest BCUT2D eigenvalue weighted by Gasteiger charge is 2.44. The van der Waals surface area contributed by atoms with E-state index in [1.165, 1.54) is 11.8 Å². The van der Waals surface area contributed by atoms with Crippen molar-refractivity contribution < 1.29 is 23.2 Å². The van der Waals surface area contributed by atoms with Crippen LogP contribution in [0.3, 0.4) is 0 Å². The number of nitrogens with zero attached hydrogens (tertiary/aromatic N) is 3. The van der Waals surface area contributed by atoms with Crippen LogP contribution in [0.2, 0.25) is 0 Å². The standard InChI is InChI=1S/C21H24FN3O4S/c1-11-8-24(9-12(2)28-11)18-13(10-26)7-14-19(17(18)22)29-23-20(14)25-15-5-3-4-6-16(15)30-21(25)27/h7,10-12,15-16H,3-6,8-9H2,1-2H3/t11-,12-,15+,16-/m1/s1. The molecule has 1 aromatic heterocycles. The van der Waals surface area contributed by atoms with Crippen molar-refractivity contribution in [1.29, 1.82) is 0 Å². The van der Waals surface area contributed by atoms with E-state index in [-0.39, 0.29) is 45.6 Å². The predicted octanol–water partition coefficient (Wildman–Crippen LogP) is 4.38. The Labute approximate surface area is 177 Å². The van der Waals surface area contributed by atoms with Crippen LogP contribution < -0.4 is 9.80 Å². The Morgan fingerprint density at radius 1 is 1.23 bits per heavy atom. The van der Waals surface area contributed by atoms with Gasteiger partial charge in [-0.2, -0.15) is 0 Å². The normalized spacial score (nSPS) is 29.5. The molecule has 1 amide bonds. The third-order valence-corrected chi connectivity index (χ3v) is 7.48. The summed E-state index contributed by atoms with van der Waals surface area (Å²) >= 11 is 1.32. The number of rotatable bonds is 3. The number of thioether (sulfide) groups is 1. The molecule has 0 bridgehead atoms. The van der Waals surface area contributed by atoms with Crippen molar-refractivity contribution in [2.24, 2.45) is 0 Å². The van der Waals surface area contributed by atoms with Gasteiger partial charge in [-0.3, -0.25) is 14.5 Å². The van der Waals surface area contributed by atoms with Crippen LogP contribution in [0.5, 0.6) is 0 Å². The van der Waals surface area contributed by atoms with Gasteiger partial charge in [0.1, 0.15) is 0 Å². The molecule has 2 saturated heterocycles. The summed E-state index contributed by atoms with van der Waals surface area (Å²) < 4.78 is 26.7. The second-order valence-electron chi connectivity index (χ2n) is 8.44. The lowest BCUT2D eigenvalue weighted by Crippen LogP contribution is -2.46. The zero-order chi connectivity index (χ0) is 21.0. The number of amides is 1. The molecule has 3 fully saturated rings. The lowest BCUT2D eigenvalue weighted by atomic mass is 9.94. The molecule has 160 valence electrons. The Hall–Kier alpha value is -2.13. The van der Waals surface area contributed by atoms with E-state index >= 15 is 4.39 Å². The van der Waals surface area contributed by atoms with Crippen LogP contribution in [0.15, 0.2) is 10.6 Å². The third-order valence-electron chi connectivity index (χ3n) is 6.23. The highest BCUT2D eigenvalue weighted by molar-refractivity contribution is 8.14. The summed E-state index contributed by atoms with van der Waals surface area (Å²) in [6.07, 6.45) is 4.52. The number of fused-ring (bicyclic) bond motifs is 2. The fraction of sp³-hybridized carbons (Fsp3) is 0.571. The number of anilines is 2. The van der Waals surface area contributed by atoms with Gasteiger partial charge in [0, 0.05) is 23.9 Å². The van der Waals surface area contributed by atoms with Gasteiger partial charge < -0.3 is 14.2 Å². The molecule has 9 heteroatoms. The number of aromatic nitrogens is 1. The molecule has 5 rings (SSSR count). The van der Waals surface area contributed by atoms with Crippen molar-refractivity contribution >= 4 is 45.8 Å². The van der Waals surface area contributed by atoms with Crippen LogP contribution in [0.4, 0.5) is 20.7 Å². The fourth-order valence-electron chi connectivity index (χ4n) is 5.06. The number of ether oxygens (including phenoxy) is 1. The summed E-state index contributed by atoms with van der Waals surface area (Å²) in [5.41, 5.74) is 0.416. The molecule has 3 heterocycles. The first-order chi connectivity index (χ1) is 14.5. The lowest BCUT2D eigenvalue weighted by Gasteiger charge is -2.37. The second kappa shape index (κ2) is 7.53. The average molecular weight is 434 g/mol. The largest absolute Gasteiger partial charge is 0.372 e. The number of carbonyl (C=O) groups is 2. The molecule has 0 N–H and O–H groups in total. The summed E-state index contributed by atoms with van der Waals surface area (Å²) in [5.74, 6) is -0.302. The molecular weight excluding hydrogens is 409 g/mol. The lowest BCUT2D eigenvalue weighted by molar-refractivity contribution is -0.00543. The van der Waals surface area contributed by atoms with E-state index < -0.39 is 5.82 Å². The van der Waals surface area contributed by atoms with E-state index in [9.17, 15) is 9.59 Å². The molecule has 2 aromatic rings. The van der Waals surface area contributed by atoms with E-state index in [1.54, 1.807) is 11.0 Å². The third kappa shape index (κ3) is 3.10. The molecule has 2 aliphatic heterocycles. The first kappa shape index (κ1) is 19.8. The molecule has 7 nitrogen and oxygen atoms in total. The minimum atomic E-state index is -0.617. The molecule has 4 atom stereocenters. The maximum Gasteiger partial charge on any atom is 0.287 e. The van der Waals surface area contributed by atoms with Gasteiger partial charge in [0.15, 0.2) is 17.9 Å². The van der Waals surface area contributed by atoms with Crippen molar-refractivity contribution in [3.8, 4) is 0 Å². The van der Waals surface area contributed by atoms with Crippen LogP contribution in [-0.4, -0.2) is 53.3 Å². The smallest absolute Gasteiger partial charge is 0.287 e. The first-order valence-corrected chi connectivity index (χ1v) is 11.3. The van der Waals surface area contributed by atoms with Gasteiger partial charge in [0.05, 0.1) is 29.3 Å². The minimum Gasteiger partial charge on any atom is -0.372 e. The Morgan fingerprint density at radius 2 is 1.97 bits per heavy atom. The van der Waals surface area contributed by atoms with Crippen LogP contribution in [0, 0.1) is 5.82 Å². The molecule has 0 spiro atoms. The maximum absolute atomic E-state index is 15.6. The summed E-state index contributed by atoms with van der Waals surface area (Å²) in [6.45, 7) is 4.78. The molecule has 1 aromatic carbocycles. The van der Waals surface area contributed by atoms with Crippen molar-refractivity contribution in [3.05, 3.63) is 17.4 Å². The quantitative estimate of drug-likeness (QED) is 0.665. The topological polar surface area (TPSA) is 75.9 Å². The van der Waals surface area contributed by atoms with Crippen LogP contribution >= 0.6 is 11.8 Å². The maximum atomic E-state index is 15.6. The Kier molecular flexibility index (Phi) is 4.97. The number of benzene rings is 1. The summed E-state index contributed by atoms with van der Waals surface area (Å²) in [7, 11) is 0. The highest BCUT2D eigenvalue weighted by atomic mass is 32.2. The zero-order valence-electron chi connectivity index (χ0n) is 17.0. The Balaban J connectivity index is 1.60. The number of carbonyl (C=O) groups excluding carboxylic acids is 2. The van der Waals surface area contributed by atoms with Crippen molar-refractivity contribution in [3.63, 3.8) is 0 Å². The van der Waals surface area contributed by atoms with Gasteiger partial charge in [-0.15, -0.1) is 0 Å². The van der Waals surface area contributed by atoms with E-state index in [0.29, 0.717) is 30.6 Å². The van der Waals surface area contributed by atoms with Crippen LogP contribution in [0.25, 0.3) is 11.0 Å². The van der Waals surface area contributed by atoms with Crippen molar-refractivity contribution in [2.45, 2.75) is 63.0 Å². The van der Waals surface area contributed by atoms with Gasteiger partial charge in [-0.1, -0.05) is 29.8 Å². The van der Waals surface area contributed by atoms with Crippen molar-refractivity contribution in [2.75, 3.05) is 22.9 Å². The minimum absolute atomic E-state index is 0.0190. The number of morpholine rings is 1. The van der Waals surface area contributed by atoms with E-state index in [2.05, 4.69) is 5.16 Å². The Morgan fingerprint density at radius 3 is 2.70 bits per heavy atom. The number of halogens is 1. The van der Waals surface area contributed by atoms with Gasteiger partial charge >= 0.3 is 0 Å². The highest BCUT2D eigenvalue weighted by Crippen LogP contribution is 2.45. The molecule has 1 saturated carbocycles. The van der Waals surface area contributed by atoms with Crippen LogP contribution in [0.1, 0.15) is 49.9 Å². The molecular formula is C21H24FN3O4S. The second-order valence-corrected chi connectivity index (χ2v) is 9.63. The predicted molar refractivity (Wildman–Crippen MR) is 113 cm³/mol. The van der Waals surface area contributed by atoms with Gasteiger partial charge in [-0.05, 0) is 32.8 Å². The van der Waals surface area contributed by atoms with E-state index in [1.807, 2.05) is 18.7 Å². The summed E-state index contributed by atoms with van der Waals surface area (Å²) in [4.78, 5) is 28.1. The van der Waals surface area contributed by atoms with Gasteiger partial charge in [-0.25, -0.2) is 4.39 Å².